The summed E-state index contributed by atoms with van der Waals surface area (Å²) >= 11 is 6.16. The van der Waals surface area contributed by atoms with Gasteiger partial charge in [0.05, 0.1) is 11.4 Å². The zero-order valence-corrected chi connectivity index (χ0v) is 18.2. The second-order valence-electron chi connectivity index (χ2n) is 8.67. The minimum atomic E-state index is -0.382. The quantitative estimate of drug-likeness (QED) is 0.569. The monoisotopic (exact) mass is 412 g/mol. The Morgan fingerprint density at radius 2 is 1.83 bits per heavy atom. The number of fused-ring (bicyclic) bond motifs is 1. The summed E-state index contributed by atoms with van der Waals surface area (Å²) < 4.78 is 6.33. The summed E-state index contributed by atoms with van der Waals surface area (Å²) in [6.45, 7) is 8.75. The van der Waals surface area contributed by atoms with Gasteiger partial charge in [0, 0.05) is 35.2 Å². The molecule has 2 aromatic carbocycles. The van der Waals surface area contributed by atoms with E-state index in [2.05, 4.69) is 19.2 Å². The first kappa shape index (κ1) is 21.6. The van der Waals surface area contributed by atoms with Crippen molar-refractivity contribution in [2.45, 2.75) is 45.7 Å². The van der Waals surface area contributed by atoms with Crippen LogP contribution in [-0.2, 0) is 6.42 Å². The Labute approximate surface area is 177 Å². The molecule has 0 bridgehead atoms. The zero-order chi connectivity index (χ0) is 21.2. The topological polar surface area (TPSA) is 68.3 Å². The number of hydrogen-bond acceptors (Lipinski definition) is 4. The molecule has 1 aromatic heterocycles. The van der Waals surface area contributed by atoms with Crippen LogP contribution in [0.4, 0.5) is 0 Å². The van der Waals surface area contributed by atoms with E-state index in [0.29, 0.717) is 40.3 Å². The number of halogens is 1. The van der Waals surface area contributed by atoms with E-state index in [9.17, 15) is 4.79 Å². The van der Waals surface area contributed by atoms with Crippen LogP contribution < -0.4 is 16.5 Å². The van der Waals surface area contributed by atoms with Gasteiger partial charge in [-0.15, -0.1) is 0 Å². The zero-order valence-electron chi connectivity index (χ0n) is 17.5. The fraction of sp³-hybridized carbons (Fsp3) is 0.375. The van der Waals surface area contributed by atoms with Gasteiger partial charge in [0.15, 0.2) is 5.43 Å². The summed E-state index contributed by atoms with van der Waals surface area (Å²) in [7, 11) is 0. The van der Waals surface area contributed by atoms with Crippen LogP contribution in [-0.4, -0.2) is 12.1 Å². The van der Waals surface area contributed by atoms with Gasteiger partial charge < -0.3 is 15.5 Å². The van der Waals surface area contributed by atoms with Gasteiger partial charge in [-0.1, -0.05) is 55.8 Å². The third-order valence-corrected chi connectivity index (χ3v) is 5.17. The van der Waals surface area contributed by atoms with Gasteiger partial charge in [0.1, 0.15) is 11.3 Å². The van der Waals surface area contributed by atoms with Crippen LogP contribution in [0.1, 0.15) is 50.6 Å². The number of nitrogens with two attached hydrogens (primary N) is 1. The van der Waals surface area contributed by atoms with E-state index in [4.69, 9.17) is 21.8 Å². The molecule has 0 aliphatic rings. The van der Waals surface area contributed by atoms with E-state index >= 15 is 0 Å². The number of nitrogens with one attached hydrogen (secondary N) is 1. The standard InChI is InChI=1S/C24H29ClN2O2/c1-15(2)21(27-14-24(3,4)26)23-19(12-16-8-6-5-7-9-16)22(28)18-11-10-17(25)13-20(18)29-23/h5-11,13,15,21,27H,12,14,26H2,1-4H3. The molecular formula is C24H29ClN2O2. The fourth-order valence-electron chi connectivity index (χ4n) is 3.45. The van der Waals surface area contributed by atoms with Gasteiger partial charge in [-0.25, -0.2) is 0 Å². The molecule has 0 aliphatic carbocycles. The summed E-state index contributed by atoms with van der Waals surface area (Å²) in [5.41, 5.74) is 8.04. The predicted octanol–water partition coefficient (Wildman–Crippen LogP) is 5.06. The normalized spacial score (nSPS) is 13.2. The van der Waals surface area contributed by atoms with Gasteiger partial charge in [-0.3, -0.25) is 4.79 Å². The maximum Gasteiger partial charge on any atom is 0.196 e. The van der Waals surface area contributed by atoms with Crippen LogP contribution >= 0.6 is 11.6 Å². The average Bonchev–Trinajstić information content (AvgIpc) is 2.64. The second-order valence-corrected chi connectivity index (χ2v) is 9.10. The fourth-order valence-corrected chi connectivity index (χ4v) is 3.61. The highest BCUT2D eigenvalue weighted by atomic mass is 35.5. The molecule has 0 spiro atoms. The SMILES string of the molecule is CC(C)C(NCC(C)(C)N)c1oc2cc(Cl)ccc2c(=O)c1Cc1ccccc1. The van der Waals surface area contributed by atoms with E-state index in [1.54, 1.807) is 18.2 Å². The van der Waals surface area contributed by atoms with Crippen LogP contribution in [0.25, 0.3) is 11.0 Å². The molecule has 0 radical (unpaired) electrons. The van der Waals surface area contributed by atoms with Crippen LogP contribution in [0.5, 0.6) is 0 Å². The third-order valence-electron chi connectivity index (χ3n) is 4.93. The minimum absolute atomic E-state index is 0.0128. The van der Waals surface area contributed by atoms with Gasteiger partial charge >= 0.3 is 0 Å². The molecule has 3 N–H and O–H groups in total. The van der Waals surface area contributed by atoms with Crippen LogP contribution in [0, 0.1) is 5.92 Å². The molecule has 1 atom stereocenters. The van der Waals surface area contributed by atoms with Gasteiger partial charge in [-0.05, 0) is 37.5 Å². The van der Waals surface area contributed by atoms with E-state index in [1.807, 2.05) is 44.2 Å². The molecule has 154 valence electrons. The first-order valence-corrected chi connectivity index (χ1v) is 10.3. The smallest absolute Gasteiger partial charge is 0.196 e. The van der Waals surface area contributed by atoms with E-state index in [-0.39, 0.29) is 22.9 Å². The van der Waals surface area contributed by atoms with Crippen molar-refractivity contribution in [3.05, 3.63) is 80.7 Å². The number of benzene rings is 2. The maximum atomic E-state index is 13.4. The van der Waals surface area contributed by atoms with Crippen molar-refractivity contribution < 1.29 is 4.42 Å². The molecular weight excluding hydrogens is 384 g/mol. The van der Waals surface area contributed by atoms with Crippen LogP contribution in [0.3, 0.4) is 0 Å². The third kappa shape index (κ3) is 5.27. The molecule has 0 saturated carbocycles. The molecule has 3 rings (SSSR count). The Kier molecular flexibility index (Phi) is 6.47. The minimum Gasteiger partial charge on any atom is -0.459 e. The molecule has 4 nitrogen and oxygen atoms in total. The van der Waals surface area contributed by atoms with Crippen LogP contribution in [0.15, 0.2) is 57.7 Å². The number of rotatable bonds is 7. The van der Waals surface area contributed by atoms with Gasteiger partial charge in [0.25, 0.3) is 0 Å². The molecule has 1 heterocycles. The highest BCUT2D eigenvalue weighted by Crippen LogP contribution is 2.29. The van der Waals surface area contributed by atoms with Crippen molar-refractivity contribution in [2.75, 3.05) is 6.54 Å². The largest absolute Gasteiger partial charge is 0.459 e. The van der Waals surface area contributed by atoms with Crippen molar-refractivity contribution in [1.29, 1.82) is 0 Å². The lowest BCUT2D eigenvalue weighted by atomic mass is 9.93. The average molecular weight is 413 g/mol. The lowest BCUT2D eigenvalue weighted by molar-refractivity contribution is 0.316. The van der Waals surface area contributed by atoms with E-state index < -0.39 is 0 Å². The van der Waals surface area contributed by atoms with E-state index in [1.165, 1.54) is 0 Å². The highest BCUT2D eigenvalue weighted by molar-refractivity contribution is 6.31. The Bertz CT molecular complexity index is 1040. The molecule has 0 fully saturated rings. The molecule has 0 saturated heterocycles. The predicted molar refractivity (Wildman–Crippen MR) is 121 cm³/mol. The lowest BCUT2D eigenvalue weighted by Crippen LogP contribution is -2.45. The van der Waals surface area contributed by atoms with Gasteiger partial charge in [0.2, 0.25) is 0 Å². The van der Waals surface area contributed by atoms with E-state index in [0.717, 1.165) is 5.56 Å². The van der Waals surface area contributed by atoms with Gasteiger partial charge in [-0.2, -0.15) is 0 Å². The molecule has 3 aromatic rings. The maximum absolute atomic E-state index is 13.4. The molecule has 1 unspecified atom stereocenters. The summed E-state index contributed by atoms with van der Waals surface area (Å²) in [4.78, 5) is 13.4. The first-order chi connectivity index (χ1) is 13.7. The Hall–Kier alpha value is -2.14. The molecule has 29 heavy (non-hydrogen) atoms. The summed E-state index contributed by atoms with van der Waals surface area (Å²) in [5.74, 6) is 0.861. The summed E-state index contributed by atoms with van der Waals surface area (Å²) in [6.07, 6.45) is 0.508. The summed E-state index contributed by atoms with van der Waals surface area (Å²) in [6, 6.07) is 15.0. The van der Waals surface area contributed by atoms with Crippen molar-refractivity contribution in [3.63, 3.8) is 0 Å². The first-order valence-electron chi connectivity index (χ1n) is 9.97. The van der Waals surface area contributed by atoms with Crippen molar-refractivity contribution >= 4 is 22.6 Å². The van der Waals surface area contributed by atoms with Crippen molar-refractivity contribution in [3.8, 4) is 0 Å². The Balaban J connectivity index is 2.18. The van der Waals surface area contributed by atoms with Crippen LogP contribution in [0.2, 0.25) is 5.02 Å². The van der Waals surface area contributed by atoms with Crippen molar-refractivity contribution in [1.82, 2.24) is 5.32 Å². The Morgan fingerprint density at radius 3 is 2.45 bits per heavy atom. The summed E-state index contributed by atoms with van der Waals surface area (Å²) in [5, 5.41) is 4.61. The molecule has 0 aliphatic heterocycles. The molecule has 0 amide bonds. The number of hydrogen-bond donors (Lipinski definition) is 2. The Morgan fingerprint density at radius 1 is 1.14 bits per heavy atom. The molecule has 5 heteroatoms. The second kappa shape index (κ2) is 8.70. The van der Waals surface area contributed by atoms with Crippen molar-refractivity contribution in [2.24, 2.45) is 11.7 Å². The highest BCUT2D eigenvalue weighted by Gasteiger charge is 2.26. The lowest BCUT2D eigenvalue weighted by Gasteiger charge is -2.28.